The molecule has 1 aliphatic rings. The SMILES string of the molecule is CC(C)(C)NCCNCC1COC(C)(C)O1. The van der Waals surface area contributed by atoms with Crippen molar-refractivity contribution >= 4 is 0 Å². The van der Waals surface area contributed by atoms with Crippen LogP contribution in [-0.2, 0) is 9.47 Å². The lowest BCUT2D eigenvalue weighted by Gasteiger charge is -2.21. The molecule has 4 heteroatoms. The van der Waals surface area contributed by atoms with E-state index in [0.29, 0.717) is 6.61 Å². The predicted octanol–water partition coefficient (Wildman–Crippen LogP) is 1.12. The number of nitrogens with one attached hydrogen (secondary N) is 2. The molecule has 1 saturated heterocycles. The lowest BCUT2D eigenvalue weighted by Crippen LogP contribution is -2.41. The minimum absolute atomic E-state index is 0.185. The standard InChI is InChI=1S/C12H26N2O2/c1-11(2,3)14-7-6-13-8-10-9-15-12(4,5)16-10/h10,13-14H,6-9H2,1-5H3. The van der Waals surface area contributed by atoms with E-state index in [-0.39, 0.29) is 11.6 Å². The molecule has 1 aliphatic heterocycles. The average Bonchev–Trinajstić information content (AvgIpc) is 2.43. The predicted molar refractivity (Wildman–Crippen MR) is 65.5 cm³/mol. The lowest BCUT2D eigenvalue weighted by atomic mass is 10.1. The lowest BCUT2D eigenvalue weighted by molar-refractivity contribution is -0.137. The van der Waals surface area contributed by atoms with Gasteiger partial charge in [-0.25, -0.2) is 0 Å². The van der Waals surface area contributed by atoms with Crippen molar-refractivity contribution in [1.29, 1.82) is 0 Å². The summed E-state index contributed by atoms with van der Waals surface area (Å²) >= 11 is 0. The highest BCUT2D eigenvalue weighted by Gasteiger charge is 2.32. The van der Waals surface area contributed by atoms with Crippen LogP contribution < -0.4 is 10.6 Å². The molecule has 16 heavy (non-hydrogen) atoms. The Kier molecular flexibility index (Phi) is 4.73. The van der Waals surface area contributed by atoms with Crippen molar-refractivity contribution in [2.24, 2.45) is 0 Å². The summed E-state index contributed by atoms with van der Waals surface area (Å²) in [6.07, 6.45) is 0.185. The Morgan fingerprint density at radius 1 is 1.25 bits per heavy atom. The molecule has 0 aromatic carbocycles. The van der Waals surface area contributed by atoms with Crippen molar-refractivity contribution in [2.45, 2.75) is 52.0 Å². The molecule has 1 unspecified atom stereocenters. The van der Waals surface area contributed by atoms with E-state index in [1.165, 1.54) is 0 Å². The minimum Gasteiger partial charge on any atom is -0.348 e. The first-order valence-corrected chi connectivity index (χ1v) is 6.06. The van der Waals surface area contributed by atoms with Gasteiger partial charge in [0.05, 0.1) is 12.7 Å². The third kappa shape index (κ3) is 5.80. The fourth-order valence-corrected chi connectivity index (χ4v) is 1.65. The summed E-state index contributed by atoms with van der Waals surface area (Å²) in [5.41, 5.74) is 0.191. The van der Waals surface area contributed by atoms with Crippen LogP contribution in [0.2, 0.25) is 0 Å². The van der Waals surface area contributed by atoms with Gasteiger partial charge in [-0.3, -0.25) is 0 Å². The molecule has 4 nitrogen and oxygen atoms in total. The van der Waals surface area contributed by atoms with Crippen LogP contribution in [0.1, 0.15) is 34.6 Å². The highest BCUT2D eigenvalue weighted by atomic mass is 16.7. The Hall–Kier alpha value is -0.160. The smallest absolute Gasteiger partial charge is 0.163 e. The maximum atomic E-state index is 5.69. The molecule has 0 aromatic heterocycles. The largest absolute Gasteiger partial charge is 0.348 e. The molecule has 0 aliphatic carbocycles. The normalized spacial score (nSPS) is 24.9. The zero-order chi connectivity index (χ0) is 12.2. The van der Waals surface area contributed by atoms with Crippen LogP contribution in [0.25, 0.3) is 0 Å². The maximum absolute atomic E-state index is 5.69. The zero-order valence-corrected chi connectivity index (χ0v) is 11.2. The molecule has 1 heterocycles. The van der Waals surface area contributed by atoms with Crippen LogP contribution in [0.15, 0.2) is 0 Å². The molecule has 0 bridgehead atoms. The zero-order valence-electron chi connectivity index (χ0n) is 11.2. The second-order valence-electron chi connectivity index (χ2n) is 5.83. The Labute approximate surface area is 99.1 Å². The van der Waals surface area contributed by atoms with E-state index in [1.807, 2.05) is 13.8 Å². The van der Waals surface area contributed by atoms with Crippen molar-refractivity contribution in [3.8, 4) is 0 Å². The Bertz CT molecular complexity index is 212. The van der Waals surface area contributed by atoms with Gasteiger partial charge in [0.2, 0.25) is 0 Å². The van der Waals surface area contributed by atoms with Crippen LogP contribution >= 0.6 is 0 Å². The summed E-state index contributed by atoms with van der Waals surface area (Å²) in [6.45, 7) is 13.9. The first-order chi connectivity index (χ1) is 7.29. The molecule has 0 amide bonds. The molecule has 1 atom stereocenters. The van der Waals surface area contributed by atoms with Crippen LogP contribution in [0.5, 0.6) is 0 Å². The molecule has 1 fully saturated rings. The molecular formula is C12H26N2O2. The maximum Gasteiger partial charge on any atom is 0.163 e. The number of hydrogen-bond acceptors (Lipinski definition) is 4. The summed E-state index contributed by atoms with van der Waals surface area (Å²) < 4.78 is 11.2. The number of ether oxygens (including phenoxy) is 2. The molecule has 1 rings (SSSR count). The molecule has 0 radical (unpaired) electrons. The van der Waals surface area contributed by atoms with Gasteiger partial charge in [0.1, 0.15) is 0 Å². The van der Waals surface area contributed by atoms with Crippen molar-refractivity contribution < 1.29 is 9.47 Å². The van der Waals surface area contributed by atoms with E-state index in [0.717, 1.165) is 19.6 Å². The molecular weight excluding hydrogens is 204 g/mol. The summed E-state index contributed by atoms with van der Waals surface area (Å²) in [5, 5.41) is 6.80. The van der Waals surface area contributed by atoms with Gasteiger partial charge in [-0.2, -0.15) is 0 Å². The Morgan fingerprint density at radius 3 is 2.44 bits per heavy atom. The third-order valence-corrected chi connectivity index (χ3v) is 2.40. The second-order valence-corrected chi connectivity index (χ2v) is 5.83. The van der Waals surface area contributed by atoms with Crippen LogP contribution in [0.4, 0.5) is 0 Å². The van der Waals surface area contributed by atoms with Gasteiger partial charge in [-0.1, -0.05) is 0 Å². The van der Waals surface area contributed by atoms with E-state index in [4.69, 9.17) is 9.47 Å². The topological polar surface area (TPSA) is 42.5 Å². The highest BCUT2D eigenvalue weighted by Crippen LogP contribution is 2.21. The third-order valence-electron chi connectivity index (χ3n) is 2.40. The monoisotopic (exact) mass is 230 g/mol. The van der Waals surface area contributed by atoms with Crippen molar-refractivity contribution in [1.82, 2.24) is 10.6 Å². The molecule has 0 spiro atoms. The number of rotatable bonds is 5. The van der Waals surface area contributed by atoms with Gasteiger partial charge in [0.25, 0.3) is 0 Å². The van der Waals surface area contributed by atoms with Gasteiger partial charge in [-0.05, 0) is 34.6 Å². The van der Waals surface area contributed by atoms with Crippen molar-refractivity contribution in [3.63, 3.8) is 0 Å². The first kappa shape index (κ1) is 13.9. The van der Waals surface area contributed by atoms with Gasteiger partial charge < -0.3 is 20.1 Å². The minimum atomic E-state index is -0.407. The summed E-state index contributed by atoms with van der Waals surface area (Å²) in [5.74, 6) is -0.407. The number of hydrogen-bond donors (Lipinski definition) is 2. The van der Waals surface area contributed by atoms with Gasteiger partial charge >= 0.3 is 0 Å². The molecule has 0 aromatic rings. The Morgan fingerprint density at radius 2 is 1.94 bits per heavy atom. The fourth-order valence-electron chi connectivity index (χ4n) is 1.65. The van der Waals surface area contributed by atoms with Crippen LogP contribution in [0.3, 0.4) is 0 Å². The van der Waals surface area contributed by atoms with E-state index >= 15 is 0 Å². The van der Waals surface area contributed by atoms with Crippen LogP contribution in [0, 0.1) is 0 Å². The van der Waals surface area contributed by atoms with Gasteiger partial charge in [0.15, 0.2) is 5.79 Å². The molecule has 2 N–H and O–H groups in total. The molecule has 96 valence electrons. The average molecular weight is 230 g/mol. The first-order valence-electron chi connectivity index (χ1n) is 6.06. The summed E-state index contributed by atoms with van der Waals surface area (Å²) in [7, 11) is 0. The van der Waals surface area contributed by atoms with E-state index in [2.05, 4.69) is 31.4 Å². The summed E-state index contributed by atoms with van der Waals surface area (Å²) in [4.78, 5) is 0. The summed E-state index contributed by atoms with van der Waals surface area (Å²) in [6, 6.07) is 0. The van der Waals surface area contributed by atoms with E-state index in [1.54, 1.807) is 0 Å². The quantitative estimate of drug-likeness (QED) is 0.695. The Balaban J connectivity index is 2.00. The fraction of sp³-hybridized carbons (Fsp3) is 1.00. The second kappa shape index (κ2) is 5.45. The highest BCUT2D eigenvalue weighted by molar-refractivity contribution is 4.74. The van der Waals surface area contributed by atoms with E-state index in [9.17, 15) is 0 Å². The van der Waals surface area contributed by atoms with Gasteiger partial charge in [-0.15, -0.1) is 0 Å². The molecule has 0 saturated carbocycles. The van der Waals surface area contributed by atoms with E-state index < -0.39 is 5.79 Å². The van der Waals surface area contributed by atoms with Crippen molar-refractivity contribution in [2.75, 3.05) is 26.2 Å². The van der Waals surface area contributed by atoms with Crippen LogP contribution in [-0.4, -0.2) is 43.7 Å². The van der Waals surface area contributed by atoms with Gasteiger partial charge in [0, 0.05) is 25.2 Å². The van der Waals surface area contributed by atoms with Crippen molar-refractivity contribution in [3.05, 3.63) is 0 Å².